The third kappa shape index (κ3) is 2.97. The molecule has 0 unspecified atom stereocenters. The van der Waals surface area contributed by atoms with Crippen LogP contribution in [0.1, 0.15) is 21.0 Å². The van der Waals surface area contributed by atoms with Gasteiger partial charge in [-0.1, -0.05) is 5.16 Å². The molecule has 19 heavy (non-hydrogen) atoms. The highest BCUT2D eigenvalue weighted by molar-refractivity contribution is 9.10. The lowest BCUT2D eigenvalue weighted by molar-refractivity contribution is 0.0651. The van der Waals surface area contributed by atoms with Crippen molar-refractivity contribution in [1.29, 1.82) is 0 Å². The lowest BCUT2D eigenvalue weighted by Gasteiger charge is -2.03. The number of anilines is 1. The summed E-state index contributed by atoms with van der Waals surface area (Å²) in [5, 5.41) is 14.3. The van der Waals surface area contributed by atoms with E-state index < -0.39 is 23.5 Å². The van der Waals surface area contributed by atoms with Crippen molar-refractivity contribution >= 4 is 33.5 Å². The smallest absolute Gasteiger partial charge is 0.374 e. The van der Waals surface area contributed by atoms with Crippen LogP contribution in [-0.4, -0.2) is 22.1 Å². The van der Waals surface area contributed by atoms with Crippen molar-refractivity contribution in [3.05, 3.63) is 46.0 Å². The Morgan fingerprint density at radius 2 is 2.11 bits per heavy atom. The zero-order valence-electron chi connectivity index (χ0n) is 9.18. The fourth-order valence-electron chi connectivity index (χ4n) is 1.25. The molecule has 0 spiro atoms. The van der Waals surface area contributed by atoms with E-state index >= 15 is 0 Å². The molecule has 0 aliphatic carbocycles. The monoisotopic (exact) mass is 328 g/mol. The maximum Gasteiger partial charge on any atom is 0.374 e. The second kappa shape index (κ2) is 5.19. The maximum absolute atomic E-state index is 13.2. The largest absolute Gasteiger partial charge is 0.475 e. The van der Waals surface area contributed by atoms with E-state index in [2.05, 4.69) is 30.9 Å². The summed E-state index contributed by atoms with van der Waals surface area (Å²) in [5.41, 5.74) is 0.00584. The molecule has 1 aromatic heterocycles. The molecular weight excluding hydrogens is 323 g/mol. The summed E-state index contributed by atoms with van der Waals surface area (Å²) in [5.74, 6) is -3.02. The van der Waals surface area contributed by atoms with E-state index in [0.717, 1.165) is 12.1 Å². The molecule has 2 rings (SSSR count). The Morgan fingerprint density at radius 1 is 1.37 bits per heavy atom. The number of nitrogens with zero attached hydrogens (tertiary/aromatic N) is 1. The minimum atomic E-state index is -1.33. The van der Waals surface area contributed by atoms with Gasteiger partial charge in [0.15, 0.2) is 5.69 Å². The summed E-state index contributed by atoms with van der Waals surface area (Å²) < 4.78 is 17.9. The van der Waals surface area contributed by atoms with E-state index in [0.29, 0.717) is 0 Å². The molecule has 0 aliphatic rings. The van der Waals surface area contributed by atoms with Gasteiger partial charge in [0, 0.05) is 11.8 Å². The Morgan fingerprint density at radius 3 is 2.68 bits per heavy atom. The average Bonchev–Trinajstić information content (AvgIpc) is 2.83. The van der Waals surface area contributed by atoms with Crippen molar-refractivity contribution < 1.29 is 23.6 Å². The van der Waals surface area contributed by atoms with E-state index in [1.54, 1.807) is 0 Å². The molecule has 1 amide bonds. The number of hydrogen-bond acceptors (Lipinski definition) is 4. The molecule has 98 valence electrons. The normalized spacial score (nSPS) is 10.2. The molecule has 2 aromatic rings. The summed E-state index contributed by atoms with van der Waals surface area (Å²) in [6, 6.07) is 4.99. The van der Waals surface area contributed by atoms with E-state index in [1.807, 2.05) is 0 Å². The predicted octanol–water partition coefficient (Wildman–Crippen LogP) is 2.53. The molecule has 0 bridgehead atoms. The first-order valence-electron chi connectivity index (χ1n) is 4.94. The van der Waals surface area contributed by atoms with Crippen LogP contribution < -0.4 is 5.32 Å². The summed E-state index contributed by atoms with van der Waals surface area (Å²) in [6.07, 6.45) is 0. The highest BCUT2D eigenvalue weighted by Gasteiger charge is 2.16. The van der Waals surface area contributed by atoms with Gasteiger partial charge in [-0.05, 0) is 34.1 Å². The Kier molecular flexibility index (Phi) is 3.61. The van der Waals surface area contributed by atoms with Crippen molar-refractivity contribution in [2.75, 3.05) is 5.32 Å². The van der Waals surface area contributed by atoms with Crippen molar-refractivity contribution in [2.45, 2.75) is 0 Å². The van der Waals surface area contributed by atoms with Crippen molar-refractivity contribution in [3.8, 4) is 0 Å². The lowest BCUT2D eigenvalue weighted by Crippen LogP contribution is -2.12. The van der Waals surface area contributed by atoms with Gasteiger partial charge in [0.05, 0.1) is 4.47 Å². The number of carbonyl (C=O) groups excluding carboxylic acids is 1. The summed E-state index contributed by atoms with van der Waals surface area (Å²) >= 11 is 2.98. The van der Waals surface area contributed by atoms with E-state index in [-0.39, 0.29) is 15.9 Å². The van der Waals surface area contributed by atoms with Crippen LogP contribution in [0.15, 0.2) is 33.3 Å². The number of aromatic nitrogens is 1. The number of carboxylic acids is 1. The second-order valence-corrected chi connectivity index (χ2v) is 4.32. The molecule has 0 atom stereocenters. The zero-order valence-corrected chi connectivity index (χ0v) is 10.8. The quantitative estimate of drug-likeness (QED) is 0.903. The molecule has 0 saturated carbocycles. The number of halogens is 2. The lowest BCUT2D eigenvalue weighted by atomic mass is 10.3. The molecule has 0 fully saturated rings. The first kappa shape index (κ1) is 13.2. The Bertz CT molecular complexity index is 656. The topological polar surface area (TPSA) is 92.4 Å². The second-order valence-electron chi connectivity index (χ2n) is 3.46. The number of rotatable bonds is 3. The third-order valence-corrected chi connectivity index (χ3v) is 2.77. The molecule has 6 nitrogen and oxygen atoms in total. The molecule has 1 aromatic carbocycles. The van der Waals surface area contributed by atoms with Crippen molar-refractivity contribution in [3.63, 3.8) is 0 Å². The molecular formula is C11H6BrFN2O4. The number of hydrogen-bond donors (Lipinski definition) is 2. The van der Waals surface area contributed by atoms with Crippen molar-refractivity contribution in [1.82, 2.24) is 5.16 Å². The Balaban J connectivity index is 2.15. The van der Waals surface area contributed by atoms with Gasteiger partial charge in [0.25, 0.3) is 5.91 Å². The van der Waals surface area contributed by atoms with Gasteiger partial charge in [-0.2, -0.15) is 0 Å². The number of carboxylic acid groups (broad SMARTS) is 1. The fraction of sp³-hybridized carbons (Fsp3) is 0. The van der Waals surface area contributed by atoms with Crippen LogP contribution in [-0.2, 0) is 0 Å². The predicted molar refractivity (Wildman–Crippen MR) is 65.5 cm³/mol. The molecule has 1 heterocycles. The van der Waals surface area contributed by atoms with Crippen LogP contribution >= 0.6 is 15.9 Å². The summed E-state index contributed by atoms with van der Waals surface area (Å²) in [6.45, 7) is 0. The first-order valence-corrected chi connectivity index (χ1v) is 5.73. The zero-order chi connectivity index (χ0) is 14.0. The van der Waals surface area contributed by atoms with E-state index in [1.165, 1.54) is 12.1 Å². The molecule has 0 aliphatic heterocycles. The molecule has 2 N–H and O–H groups in total. The summed E-state index contributed by atoms with van der Waals surface area (Å²) in [4.78, 5) is 22.2. The number of amides is 1. The highest BCUT2D eigenvalue weighted by atomic mass is 79.9. The van der Waals surface area contributed by atoms with Crippen LogP contribution in [0.5, 0.6) is 0 Å². The number of benzene rings is 1. The maximum atomic E-state index is 13.2. The number of nitrogens with one attached hydrogen (secondary N) is 1. The van der Waals surface area contributed by atoms with Gasteiger partial charge < -0.3 is 14.9 Å². The number of carbonyl (C=O) groups is 2. The Labute approximate surface area is 114 Å². The van der Waals surface area contributed by atoms with Gasteiger partial charge in [0.1, 0.15) is 5.82 Å². The number of aromatic carboxylic acids is 1. The third-order valence-electron chi connectivity index (χ3n) is 2.13. The van der Waals surface area contributed by atoms with E-state index in [4.69, 9.17) is 5.11 Å². The van der Waals surface area contributed by atoms with Crippen LogP contribution in [0.2, 0.25) is 0 Å². The van der Waals surface area contributed by atoms with Crippen LogP contribution in [0.3, 0.4) is 0 Å². The van der Waals surface area contributed by atoms with Gasteiger partial charge in [-0.25, -0.2) is 9.18 Å². The first-order chi connectivity index (χ1) is 8.97. The SMILES string of the molecule is O=C(Nc1ccc(Br)c(F)c1)c1cc(C(=O)O)on1. The standard InChI is InChI=1S/C11H6BrFN2O4/c12-6-2-1-5(3-7(6)13)14-10(16)8-4-9(11(17)18)19-15-8/h1-4H,(H,14,16)(H,17,18). The summed E-state index contributed by atoms with van der Waals surface area (Å²) in [7, 11) is 0. The average molecular weight is 329 g/mol. The molecule has 0 radical (unpaired) electrons. The van der Waals surface area contributed by atoms with Crippen LogP contribution in [0.25, 0.3) is 0 Å². The van der Waals surface area contributed by atoms with Crippen molar-refractivity contribution in [2.24, 2.45) is 0 Å². The van der Waals surface area contributed by atoms with Gasteiger partial charge in [0.2, 0.25) is 5.76 Å². The minimum Gasteiger partial charge on any atom is -0.475 e. The Hall–Kier alpha value is -2.22. The van der Waals surface area contributed by atoms with Gasteiger partial charge >= 0.3 is 5.97 Å². The molecule has 8 heteroatoms. The fourth-order valence-corrected chi connectivity index (χ4v) is 1.50. The van der Waals surface area contributed by atoms with Crippen LogP contribution in [0.4, 0.5) is 10.1 Å². The van der Waals surface area contributed by atoms with E-state index in [9.17, 15) is 14.0 Å². The van der Waals surface area contributed by atoms with Gasteiger partial charge in [-0.15, -0.1) is 0 Å². The minimum absolute atomic E-state index is 0.208. The molecule has 0 saturated heterocycles. The van der Waals surface area contributed by atoms with Crippen LogP contribution in [0, 0.1) is 5.82 Å². The van der Waals surface area contributed by atoms with Gasteiger partial charge in [-0.3, -0.25) is 4.79 Å². The highest BCUT2D eigenvalue weighted by Crippen LogP contribution is 2.19.